The third kappa shape index (κ3) is 4.54. The Morgan fingerprint density at radius 1 is 1.24 bits per heavy atom. The van der Waals surface area contributed by atoms with Crippen LogP contribution in [0.1, 0.15) is 19.0 Å². The predicted octanol–water partition coefficient (Wildman–Crippen LogP) is 3.48. The molecule has 10 heteroatoms. The fraction of sp³-hybridized carbons (Fsp3) is 0.261. The molecule has 0 radical (unpaired) electrons. The van der Waals surface area contributed by atoms with Gasteiger partial charge in [-0.1, -0.05) is 12.1 Å². The molecule has 1 fully saturated rings. The summed E-state index contributed by atoms with van der Waals surface area (Å²) in [5, 5.41) is 18.2. The van der Waals surface area contributed by atoms with E-state index in [2.05, 4.69) is 10.4 Å². The van der Waals surface area contributed by atoms with E-state index in [-0.39, 0.29) is 30.5 Å². The summed E-state index contributed by atoms with van der Waals surface area (Å²) >= 11 is 0. The van der Waals surface area contributed by atoms with Crippen molar-refractivity contribution < 1.29 is 19.2 Å². The number of nitro benzene ring substituents is 1. The van der Waals surface area contributed by atoms with Gasteiger partial charge in [0.25, 0.3) is 5.69 Å². The van der Waals surface area contributed by atoms with Crippen LogP contribution < -0.4 is 15.0 Å². The largest absolute Gasteiger partial charge is 0.492 e. The first-order valence-corrected chi connectivity index (χ1v) is 10.5. The number of non-ortho nitro benzene ring substituents is 1. The minimum Gasteiger partial charge on any atom is -0.492 e. The van der Waals surface area contributed by atoms with Crippen LogP contribution >= 0.6 is 0 Å². The molecule has 0 aliphatic carbocycles. The molecule has 0 bridgehead atoms. The second-order valence-corrected chi connectivity index (χ2v) is 7.65. The molecule has 170 valence electrons. The van der Waals surface area contributed by atoms with Crippen molar-refractivity contribution in [1.82, 2.24) is 9.78 Å². The van der Waals surface area contributed by atoms with E-state index in [1.54, 1.807) is 42.2 Å². The summed E-state index contributed by atoms with van der Waals surface area (Å²) in [4.78, 5) is 37.7. The minimum atomic E-state index is -0.548. The van der Waals surface area contributed by atoms with Crippen LogP contribution in [0.4, 0.5) is 17.2 Å². The molecule has 33 heavy (non-hydrogen) atoms. The molecule has 0 saturated carbocycles. The van der Waals surface area contributed by atoms with Crippen LogP contribution in [0.5, 0.6) is 5.75 Å². The zero-order chi connectivity index (χ0) is 23.5. The molecule has 1 N–H and O–H groups in total. The van der Waals surface area contributed by atoms with Crippen LogP contribution in [-0.4, -0.2) is 39.7 Å². The number of carbonyl (C=O) groups is 2. The molecular weight excluding hydrogens is 426 g/mol. The van der Waals surface area contributed by atoms with Gasteiger partial charge in [-0.2, -0.15) is 5.10 Å². The summed E-state index contributed by atoms with van der Waals surface area (Å²) in [5.74, 6) is 0.0195. The van der Waals surface area contributed by atoms with E-state index in [9.17, 15) is 19.7 Å². The van der Waals surface area contributed by atoms with E-state index in [4.69, 9.17) is 4.74 Å². The predicted molar refractivity (Wildman–Crippen MR) is 122 cm³/mol. The summed E-state index contributed by atoms with van der Waals surface area (Å²) in [6.07, 6.45) is 0.0803. The number of hydrogen-bond donors (Lipinski definition) is 1. The van der Waals surface area contributed by atoms with Crippen molar-refractivity contribution in [2.45, 2.75) is 20.3 Å². The van der Waals surface area contributed by atoms with Crippen LogP contribution in [0.25, 0.3) is 5.69 Å². The topological polar surface area (TPSA) is 120 Å². The third-order valence-electron chi connectivity index (χ3n) is 5.34. The molecule has 4 rings (SSSR count). The van der Waals surface area contributed by atoms with Gasteiger partial charge in [0.15, 0.2) is 0 Å². The third-order valence-corrected chi connectivity index (χ3v) is 5.34. The highest BCUT2D eigenvalue weighted by atomic mass is 16.6. The molecule has 2 aromatic carbocycles. The Morgan fingerprint density at radius 3 is 2.67 bits per heavy atom. The number of nitrogens with one attached hydrogen (secondary N) is 1. The zero-order valence-electron chi connectivity index (χ0n) is 18.2. The molecule has 1 atom stereocenters. The highest BCUT2D eigenvalue weighted by Gasteiger charge is 2.36. The van der Waals surface area contributed by atoms with Gasteiger partial charge in [0.2, 0.25) is 11.8 Å². The van der Waals surface area contributed by atoms with Gasteiger partial charge in [-0.15, -0.1) is 0 Å². The average Bonchev–Trinajstić information content (AvgIpc) is 3.36. The van der Waals surface area contributed by atoms with E-state index in [0.29, 0.717) is 35.2 Å². The van der Waals surface area contributed by atoms with Gasteiger partial charge in [-0.25, -0.2) is 4.68 Å². The van der Waals surface area contributed by atoms with Crippen LogP contribution in [-0.2, 0) is 9.59 Å². The Hall–Kier alpha value is -4.21. The van der Waals surface area contributed by atoms with Crippen LogP contribution in [0.2, 0.25) is 0 Å². The van der Waals surface area contributed by atoms with Gasteiger partial charge in [0.05, 0.1) is 34.5 Å². The summed E-state index contributed by atoms with van der Waals surface area (Å²) in [7, 11) is 0. The molecule has 0 spiro atoms. The van der Waals surface area contributed by atoms with Crippen molar-refractivity contribution in [3.63, 3.8) is 0 Å². The summed E-state index contributed by atoms with van der Waals surface area (Å²) < 4.78 is 7.14. The highest BCUT2D eigenvalue weighted by Crippen LogP contribution is 2.33. The summed E-state index contributed by atoms with van der Waals surface area (Å²) in [5.41, 5.74) is 1.84. The van der Waals surface area contributed by atoms with Gasteiger partial charge >= 0.3 is 0 Å². The number of aryl methyl sites for hydroxylation is 1. The number of para-hydroxylation sites is 2. The van der Waals surface area contributed by atoms with Crippen molar-refractivity contribution in [3.05, 3.63) is 70.4 Å². The van der Waals surface area contributed by atoms with Gasteiger partial charge in [-0.3, -0.25) is 19.7 Å². The highest BCUT2D eigenvalue weighted by molar-refractivity contribution is 6.04. The quantitative estimate of drug-likeness (QED) is 0.436. The van der Waals surface area contributed by atoms with E-state index < -0.39 is 10.8 Å². The molecule has 2 amide bonds. The van der Waals surface area contributed by atoms with Gasteiger partial charge in [-0.05, 0) is 38.1 Å². The smallest absolute Gasteiger partial charge is 0.269 e. The fourth-order valence-corrected chi connectivity index (χ4v) is 3.80. The van der Waals surface area contributed by atoms with Crippen LogP contribution in [0.3, 0.4) is 0 Å². The second kappa shape index (κ2) is 9.11. The monoisotopic (exact) mass is 449 g/mol. The maximum Gasteiger partial charge on any atom is 0.269 e. The number of aromatic nitrogens is 2. The average molecular weight is 449 g/mol. The van der Waals surface area contributed by atoms with E-state index in [0.717, 1.165) is 0 Å². The Bertz CT molecular complexity index is 1200. The zero-order valence-corrected chi connectivity index (χ0v) is 18.2. The minimum absolute atomic E-state index is 0.0369. The number of rotatable bonds is 7. The first-order valence-electron chi connectivity index (χ1n) is 10.5. The van der Waals surface area contributed by atoms with Crippen molar-refractivity contribution in [3.8, 4) is 11.4 Å². The van der Waals surface area contributed by atoms with Crippen molar-refractivity contribution >= 4 is 29.0 Å². The molecule has 1 saturated heterocycles. The Morgan fingerprint density at radius 2 is 1.97 bits per heavy atom. The number of nitro groups is 1. The lowest BCUT2D eigenvalue weighted by Gasteiger charge is -2.20. The number of carbonyl (C=O) groups excluding carboxylic acids is 2. The van der Waals surface area contributed by atoms with Gasteiger partial charge in [0.1, 0.15) is 11.6 Å². The lowest BCUT2D eigenvalue weighted by atomic mass is 10.1. The molecule has 3 aromatic rings. The maximum atomic E-state index is 13.0. The molecule has 1 aliphatic heterocycles. The van der Waals surface area contributed by atoms with E-state index in [1.165, 1.54) is 16.8 Å². The summed E-state index contributed by atoms with van der Waals surface area (Å²) in [6, 6.07) is 14.8. The molecule has 1 aliphatic rings. The number of anilines is 2. The van der Waals surface area contributed by atoms with Crippen LogP contribution in [0.15, 0.2) is 54.6 Å². The molecule has 1 aromatic heterocycles. The fourth-order valence-electron chi connectivity index (χ4n) is 3.80. The van der Waals surface area contributed by atoms with Gasteiger partial charge in [0, 0.05) is 31.2 Å². The first-order chi connectivity index (χ1) is 15.9. The Kier molecular flexibility index (Phi) is 6.07. The molecule has 2 heterocycles. The number of hydrogen-bond acceptors (Lipinski definition) is 6. The summed E-state index contributed by atoms with van der Waals surface area (Å²) in [6.45, 7) is 4.35. The number of ether oxygens (including phenoxy) is 1. The lowest BCUT2D eigenvalue weighted by Crippen LogP contribution is -2.29. The maximum absolute atomic E-state index is 13.0. The van der Waals surface area contributed by atoms with E-state index in [1.807, 2.05) is 19.1 Å². The first kappa shape index (κ1) is 22.0. The van der Waals surface area contributed by atoms with Crippen LogP contribution in [0, 0.1) is 23.0 Å². The second-order valence-electron chi connectivity index (χ2n) is 7.65. The molecular formula is C23H23N5O5. The standard InChI is InChI=1S/C23H23N5O5/c1-3-33-20-7-5-4-6-19(20)26-14-16(13-22(26)29)23(30)24-21-12-15(2)25-27(21)17-8-10-18(11-9-17)28(31)32/h4-12,16H,3,13-14H2,1-2H3,(H,24,30). The Labute approximate surface area is 189 Å². The number of nitrogens with zero attached hydrogens (tertiary/aromatic N) is 4. The Balaban J connectivity index is 1.52. The SMILES string of the molecule is CCOc1ccccc1N1CC(C(=O)Nc2cc(C)nn2-c2ccc([N+](=O)[O-])cc2)CC1=O. The molecule has 10 nitrogen and oxygen atoms in total. The van der Waals surface area contributed by atoms with Crippen molar-refractivity contribution in [2.75, 3.05) is 23.4 Å². The number of amides is 2. The van der Waals surface area contributed by atoms with E-state index >= 15 is 0 Å². The van der Waals surface area contributed by atoms with Crippen molar-refractivity contribution in [1.29, 1.82) is 0 Å². The molecule has 1 unspecified atom stereocenters. The van der Waals surface area contributed by atoms with Gasteiger partial charge < -0.3 is 15.0 Å². The number of benzene rings is 2. The van der Waals surface area contributed by atoms with Crippen molar-refractivity contribution in [2.24, 2.45) is 5.92 Å². The lowest BCUT2D eigenvalue weighted by molar-refractivity contribution is -0.384. The normalized spacial score (nSPS) is 15.5.